The largest absolute Gasteiger partial charge is 0.454 e. The van der Waals surface area contributed by atoms with E-state index in [2.05, 4.69) is 26.1 Å². The lowest BCUT2D eigenvalue weighted by Gasteiger charge is -2.25. The van der Waals surface area contributed by atoms with Crippen LogP contribution in [0, 0.1) is 0 Å². The summed E-state index contributed by atoms with van der Waals surface area (Å²) in [7, 11) is 1.69. The maximum absolute atomic E-state index is 5.94. The number of benzene rings is 1. The molecule has 5 heteroatoms. The quantitative estimate of drug-likeness (QED) is 0.836. The standard InChI is InChI=1S/C16H25NO4/c1-16(2,3)17-8-13(10-18-4)19-9-12-5-6-14-15(7-12)21-11-20-14/h5-7,13,17H,8-11H2,1-4H3. The van der Waals surface area contributed by atoms with Crippen molar-refractivity contribution in [3.63, 3.8) is 0 Å². The summed E-state index contributed by atoms with van der Waals surface area (Å²) in [5, 5.41) is 3.44. The number of nitrogens with one attached hydrogen (secondary N) is 1. The molecule has 1 unspecified atom stereocenters. The highest BCUT2D eigenvalue weighted by Crippen LogP contribution is 2.32. The highest BCUT2D eigenvalue weighted by molar-refractivity contribution is 5.44. The van der Waals surface area contributed by atoms with E-state index in [0.29, 0.717) is 20.0 Å². The van der Waals surface area contributed by atoms with Crippen molar-refractivity contribution in [3.8, 4) is 11.5 Å². The van der Waals surface area contributed by atoms with Crippen LogP contribution in [0.1, 0.15) is 26.3 Å². The van der Waals surface area contributed by atoms with Crippen LogP contribution >= 0.6 is 0 Å². The van der Waals surface area contributed by atoms with Gasteiger partial charge in [-0.3, -0.25) is 0 Å². The number of hydrogen-bond acceptors (Lipinski definition) is 5. The van der Waals surface area contributed by atoms with E-state index in [1.165, 1.54) is 0 Å². The van der Waals surface area contributed by atoms with Gasteiger partial charge in [-0.1, -0.05) is 6.07 Å². The fourth-order valence-corrected chi connectivity index (χ4v) is 2.02. The first-order chi connectivity index (χ1) is 9.98. The Kier molecular flexibility index (Phi) is 5.45. The minimum Gasteiger partial charge on any atom is -0.454 e. The van der Waals surface area contributed by atoms with E-state index in [1.807, 2.05) is 18.2 Å². The van der Waals surface area contributed by atoms with Crippen molar-refractivity contribution in [1.82, 2.24) is 5.32 Å². The second-order valence-corrected chi connectivity index (χ2v) is 6.21. The molecule has 1 aliphatic rings. The molecule has 1 aromatic rings. The van der Waals surface area contributed by atoms with Crippen molar-refractivity contribution in [1.29, 1.82) is 0 Å². The van der Waals surface area contributed by atoms with Gasteiger partial charge in [0.05, 0.1) is 19.3 Å². The zero-order chi connectivity index (χ0) is 15.3. The molecule has 0 saturated carbocycles. The molecular weight excluding hydrogens is 270 g/mol. The molecule has 0 saturated heterocycles. The number of ether oxygens (including phenoxy) is 4. The predicted molar refractivity (Wildman–Crippen MR) is 80.8 cm³/mol. The van der Waals surface area contributed by atoms with E-state index in [9.17, 15) is 0 Å². The van der Waals surface area contributed by atoms with E-state index in [-0.39, 0.29) is 11.6 Å². The van der Waals surface area contributed by atoms with Crippen molar-refractivity contribution in [2.45, 2.75) is 39.0 Å². The lowest BCUT2D eigenvalue weighted by Crippen LogP contribution is -2.43. The highest BCUT2D eigenvalue weighted by Gasteiger charge is 2.16. The van der Waals surface area contributed by atoms with Gasteiger partial charge in [-0.15, -0.1) is 0 Å². The third-order valence-electron chi connectivity index (χ3n) is 3.14. The smallest absolute Gasteiger partial charge is 0.231 e. The fraction of sp³-hybridized carbons (Fsp3) is 0.625. The second kappa shape index (κ2) is 7.11. The van der Waals surface area contributed by atoms with E-state index >= 15 is 0 Å². The molecule has 0 aromatic heterocycles. The second-order valence-electron chi connectivity index (χ2n) is 6.21. The Morgan fingerprint density at radius 1 is 1.24 bits per heavy atom. The van der Waals surface area contributed by atoms with Gasteiger partial charge in [0.2, 0.25) is 6.79 Å². The minimum absolute atomic E-state index is 0.0136. The molecule has 5 nitrogen and oxygen atoms in total. The monoisotopic (exact) mass is 295 g/mol. The molecule has 0 bridgehead atoms. The summed E-state index contributed by atoms with van der Waals surface area (Å²) in [6.45, 7) is 8.53. The first kappa shape index (κ1) is 16.1. The third-order valence-corrected chi connectivity index (χ3v) is 3.14. The van der Waals surface area contributed by atoms with Gasteiger partial charge in [0.1, 0.15) is 0 Å². The normalized spacial score (nSPS) is 15.2. The molecule has 0 amide bonds. The molecule has 0 spiro atoms. The third kappa shape index (κ3) is 5.19. The summed E-state index contributed by atoms with van der Waals surface area (Å²) in [6.07, 6.45) is 0.0136. The molecule has 1 aliphatic heterocycles. The lowest BCUT2D eigenvalue weighted by molar-refractivity contribution is -0.0129. The Bertz CT molecular complexity index is 456. The molecule has 1 atom stereocenters. The van der Waals surface area contributed by atoms with Crippen LogP contribution in [0.3, 0.4) is 0 Å². The molecule has 2 rings (SSSR count). The summed E-state index contributed by atoms with van der Waals surface area (Å²) in [6, 6.07) is 5.87. The molecule has 0 radical (unpaired) electrons. The van der Waals surface area contributed by atoms with Crippen LogP contribution in [0.2, 0.25) is 0 Å². The molecule has 0 aliphatic carbocycles. The number of hydrogen-bond donors (Lipinski definition) is 1. The molecule has 1 N–H and O–H groups in total. The van der Waals surface area contributed by atoms with E-state index in [0.717, 1.165) is 23.6 Å². The Balaban J connectivity index is 1.86. The van der Waals surface area contributed by atoms with Crippen molar-refractivity contribution in [3.05, 3.63) is 23.8 Å². The van der Waals surface area contributed by atoms with E-state index < -0.39 is 0 Å². The number of methoxy groups -OCH3 is 1. The van der Waals surface area contributed by atoms with Crippen LogP contribution in [0.5, 0.6) is 11.5 Å². The Morgan fingerprint density at radius 2 is 2.00 bits per heavy atom. The average Bonchev–Trinajstić information content (AvgIpc) is 2.88. The van der Waals surface area contributed by atoms with Crippen LogP contribution in [0.25, 0.3) is 0 Å². The zero-order valence-corrected chi connectivity index (χ0v) is 13.3. The Morgan fingerprint density at radius 3 is 2.71 bits per heavy atom. The van der Waals surface area contributed by atoms with E-state index in [1.54, 1.807) is 7.11 Å². The summed E-state index contributed by atoms with van der Waals surface area (Å²) >= 11 is 0. The lowest BCUT2D eigenvalue weighted by atomic mass is 10.1. The predicted octanol–water partition coefficient (Wildman–Crippen LogP) is 2.33. The molecule has 1 aromatic carbocycles. The summed E-state index contributed by atoms with van der Waals surface area (Å²) in [5.41, 5.74) is 1.13. The first-order valence-corrected chi connectivity index (χ1v) is 7.22. The molecule has 118 valence electrons. The van der Waals surface area contributed by atoms with Crippen molar-refractivity contribution in [2.24, 2.45) is 0 Å². The van der Waals surface area contributed by atoms with Gasteiger partial charge in [-0.05, 0) is 38.5 Å². The molecular formula is C16H25NO4. The molecule has 1 heterocycles. The van der Waals surface area contributed by atoms with Crippen molar-refractivity contribution in [2.75, 3.05) is 27.1 Å². The van der Waals surface area contributed by atoms with Gasteiger partial charge in [0.15, 0.2) is 11.5 Å². The maximum Gasteiger partial charge on any atom is 0.231 e. The summed E-state index contributed by atoms with van der Waals surface area (Å²) in [4.78, 5) is 0. The van der Waals surface area contributed by atoms with Crippen LogP contribution in [-0.4, -0.2) is 38.7 Å². The van der Waals surface area contributed by atoms with Gasteiger partial charge in [0, 0.05) is 19.2 Å². The Labute approximate surface area is 126 Å². The summed E-state index contributed by atoms with van der Waals surface area (Å²) < 4.78 is 21.8. The van der Waals surface area contributed by atoms with Gasteiger partial charge in [0.25, 0.3) is 0 Å². The van der Waals surface area contributed by atoms with Crippen molar-refractivity contribution >= 4 is 0 Å². The topological polar surface area (TPSA) is 49.0 Å². The highest BCUT2D eigenvalue weighted by atomic mass is 16.7. The van der Waals surface area contributed by atoms with Crippen molar-refractivity contribution < 1.29 is 18.9 Å². The molecule has 21 heavy (non-hydrogen) atoms. The minimum atomic E-state index is 0.0136. The average molecular weight is 295 g/mol. The molecule has 0 fully saturated rings. The van der Waals surface area contributed by atoms with Crippen LogP contribution in [-0.2, 0) is 16.1 Å². The van der Waals surface area contributed by atoms with Gasteiger partial charge in [-0.2, -0.15) is 0 Å². The first-order valence-electron chi connectivity index (χ1n) is 7.22. The van der Waals surface area contributed by atoms with Gasteiger partial charge in [-0.25, -0.2) is 0 Å². The zero-order valence-electron chi connectivity index (χ0n) is 13.3. The van der Waals surface area contributed by atoms with Gasteiger partial charge >= 0.3 is 0 Å². The Hall–Kier alpha value is -1.30. The number of rotatable bonds is 7. The number of fused-ring (bicyclic) bond motifs is 1. The van der Waals surface area contributed by atoms with Crippen LogP contribution in [0.4, 0.5) is 0 Å². The fourth-order valence-electron chi connectivity index (χ4n) is 2.02. The van der Waals surface area contributed by atoms with E-state index in [4.69, 9.17) is 18.9 Å². The van der Waals surface area contributed by atoms with Crippen LogP contribution < -0.4 is 14.8 Å². The summed E-state index contributed by atoms with van der Waals surface area (Å²) in [5.74, 6) is 1.58. The van der Waals surface area contributed by atoms with Crippen LogP contribution in [0.15, 0.2) is 18.2 Å². The maximum atomic E-state index is 5.94. The van der Waals surface area contributed by atoms with Gasteiger partial charge < -0.3 is 24.3 Å². The SMILES string of the molecule is COCC(CNC(C)(C)C)OCc1ccc2c(c1)OCO2.